The highest BCUT2D eigenvalue weighted by molar-refractivity contribution is 7.19. The Morgan fingerprint density at radius 3 is 2.77 bits per heavy atom. The van der Waals surface area contributed by atoms with E-state index in [0.29, 0.717) is 5.00 Å². The number of carbonyl (C=O) groups excluding carboxylic acids is 1. The van der Waals surface area contributed by atoms with E-state index in [1.165, 1.54) is 22.5 Å². The monoisotopic (exact) mass is 420 g/mol. The first-order valence-electron chi connectivity index (χ1n) is 9.87. The second-order valence-corrected chi connectivity index (χ2v) is 8.31. The van der Waals surface area contributed by atoms with E-state index in [4.69, 9.17) is 4.74 Å². The molecule has 0 fully saturated rings. The van der Waals surface area contributed by atoms with Crippen LogP contribution in [0.25, 0.3) is 21.6 Å². The Morgan fingerprint density at radius 1 is 1.17 bits per heavy atom. The van der Waals surface area contributed by atoms with Gasteiger partial charge in [-0.1, -0.05) is 41.2 Å². The molecule has 30 heavy (non-hydrogen) atoms. The molecule has 1 amide bonds. The molecule has 0 aliphatic rings. The zero-order valence-corrected chi connectivity index (χ0v) is 18.3. The SMILES string of the molecule is CCn1cnc2cc(COC(=O)Nc3sc(-c4ccc(C)cc4C)nc3C)ccc21. The third-order valence-electron chi connectivity index (χ3n) is 5.02. The van der Waals surface area contributed by atoms with E-state index in [2.05, 4.69) is 58.8 Å². The maximum absolute atomic E-state index is 12.3. The van der Waals surface area contributed by atoms with Crippen molar-refractivity contribution in [1.29, 1.82) is 0 Å². The van der Waals surface area contributed by atoms with Crippen LogP contribution in [0, 0.1) is 20.8 Å². The average molecular weight is 421 g/mol. The van der Waals surface area contributed by atoms with Crippen molar-refractivity contribution in [2.75, 3.05) is 5.32 Å². The molecule has 0 atom stereocenters. The number of nitrogens with zero attached hydrogens (tertiary/aromatic N) is 3. The molecule has 0 saturated carbocycles. The molecule has 7 heteroatoms. The standard InChI is InChI=1S/C23H24N4O2S/c1-5-27-13-24-19-11-17(7-9-20(19)27)12-29-23(28)26-21-16(4)25-22(30-21)18-8-6-14(2)10-15(18)3/h6-11,13H,5,12H2,1-4H3,(H,26,28). The highest BCUT2D eigenvalue weighted by Gasteiger charge is 2.14. The molecular weight excluding hydrogens is 396 g/mol. The Bertz CT molecular complexity index is 1230. The van der Waals surface area contributed by atoms with Crippen molar-refractivity contribution in [3.63, 3.8) is 0 Å². The second-order valence-electron chi connectivity index (χ2n) is 7.31. The van der Waals surface area contributed by atoms with Crippen LogP contribution in [0.5, 0.6) is 0 Å². The van der Waals surface area contributed by atoms with Crippen LogP contribution >= 0.6 is 11.3 Å². The predicted octanol–water partition coefficient (Wildman–Crippen LogP) is 5.85. The molecular formula is C23H24N4O2S. The smallest absolute Gasteiger partial charge is 0.412 e. The summed E-state index contributed by atoms with van der Waals surface area (Å²) < 4.78 is 7.49. The van der Waals surface area contributed by atoms with Gasteiger partial charge in [-0.05, 0) is 51.0 Å². The van der Waals surface area contributed by atoms with Crippen molar-refractivity contribution in [2.45, 2.75) is 40.8 Å². The third kappa shape index (κ3) is 4.07. The lowest BCUT2D eigenvalue weighted by atomic mass is 10.1. The van der Waals surface area contributed by atoms with Gasteiger partial charge in [0.15, 0.2) is 0 Å². The van der Waals surface area contributed by atoms with Crippen molar-refractivity contribution < 1.29 is 9.53 Å². The molecule has 0 aliphatic heterocycles. The molecule has 0 aliphatic carbocycles. The molecule has 2 heterocycles. The lowest BCUT2D eigenvalue weighted by Crippen LogP contribution is -2.13. The van der Waals surface area contributed by atoms with E-state index in [1.54, 1.807) is 0 Å². The average Bonchev–Trinajstić information content (AvgIpc) is 3.29. The third-order valence-corrected chi connectivity index (χ3v) is 6.13. The minimum atomic E-state index is -0.492. The van der Waals surface area contributed by atoms with Gasteiger partial charge in [0, 0.05) is 12.1 Å². The minimum Gasteiger partial charge on any atom is -0.444 e. The number of ether oxygens (including phenoxy) is 1. The van der Waals surface area contributed by atoms with E-state index < -0.39 is 6.09 Å². The van der Waals surface area contributed by atoms with Gasteiger partial charge in [-0.25, -0.2) is 14.8 Å². The largest absolute Gasteiger partial charge is 0.444 e. The van der Waals surface area contributed by atoms with Crippen LogP contribution in [0.4, 0.5) is 9.80 Å². The van der Waals surface area contributed by atoms with E-state index in [1.807, 2.05) is 31.5 Å². The quantitative estimate of drug-likeness (QED) is 0.439. The predicted molar refractivity (Wildman–Crippen MR) is 121 cm³/mol. The summed E-state index contributed by atoms with van der Waals surface area (Å²) in [6, 6.07) is 12.2. The number of benzene rings is 2. The van der Waals surface area contributed by atoms with Crippen LogP contribution in [0.1, 0.15) is 29.3 Å². The number of rotatable bonds is 5. The second kappa shape index (κ2) is 8.28. The Labute approximate surface area is 179 Å². The maximum Gasteiger partial charge on any atom is 0.412 e. The molecule has 1 N–H and O–H groups in total. The fraction of sp³-hybridized carbons (Fsp3) is 0.261. The number of hydrogen-bond donors (Lipinski definition) is 1. The summed E-state index contributed by atoms with van der Waals surface area (Å²) in [6.07, 6.45) is 1.33. The number of anilines is 1. The number of thiazole rings is 1. The van der Waals surface area contributed by atoms with E-state index in [-0.39, 0.29) is 6.61 Å². The highest BCUT2D eigenvalue weighted by Crippen LogP contribution is 2.33. The van der Waals surface area contributed by atoms with Crippen LogP contribution in [0.2, 0.25) is 0 Å². The maximum atomic E-state index is 12.3. The minimum absolute atomic E-state index is 0.183. The topological polar surface area (TPSA) is 69.0 Å². The summed E-state index contributed by atoms with van der Waals surface area (Å²) in [5.41, 5.74) is 7.11. The van der Waals surface area contributed by atoms with E-state index in [0.717, 1.165) is 39.4 Å². The number of nitrogens with one attached hydrogen (secondary N) is 1. The molecule has 0 radical (unpaired) electrons. The van der Waals surface area contributed by atoms with Crippen LogP contribution in [-0.2, 0) is 17.9 Å². The molecule has 0 bridgehead atoms. The van der Waals surface area contributed by atoms with Gasteiger partial charge in [0.2, 0.25) is 0 Å². The summed E-state index contributed by atoms with van der Waals surface area (Å²) >= 11 is 1.45. The van der Waals surface area contributed by atoms with Gasteiger partial charge in [0.1, 0.15) is 16.6 Å². The van der Waals surface area contributed by atoms with Gasteiger partial charge in [0.25, 0.3) is 0 Å². The van der Waals surface area contributed by atoms with Gasteiger partial charge in [-0.2, -0.15) is 0 Å². The number of aromatic nitrogens is 3. The summed E-state index contributed by atoms with van der Waals surface area (Å²) in [4.78, 5) is 21.4. The van der Waals surface area contributed by atoms with Crippen LogP contribution in [0.3, 0.4) is 0 Å². The number of hydrogen-bond acceptors (Lipinski definition) is 5. The number of imidazole rings is 1. The molecule has 0 saturated heterocycles. The number of carbonyl (C=O) groups is 1. The van der Waals surface area contributed by atoms with Gasteiger partial charge < -0.3 is 9.30 Å². The van der Waals surface area contributed by atoms with Gasteiger partial charge >= 0.3 is 6.09 Å². The summed E-state index contributed by atoms with van der Waals surface area (Å²) in [6.45, 7) is 9.16. The zero-order chi connectivity index (χ0) is 21.3. The lowest BCUT2D eigenvalue weighted by Gasteiger charge is -2.06. The van der Waals surface area contributed by atoms with Crippen molar-refractivity contribution >= 4 is 33.5 Å². The summed E-state index contributed by atoms with van der Waals surface area (Å²) in [5.74, 6) is 0. The Hall–Kier alpha value is -3.19. The number of fused-ring (bicyclic) bond motifs is 1. The molecule has 4 rings (SSSR count). The Kier molecular flexibility index (Phi) is 5.55. The first kappa shape index (κ1) is 20.1. The molecule has 4 aromatic rings. The zero-order valence-electron chi connectivity index (χ0n) is 17.5. The summed E-state index contributed by atoms with van der Waals surface area (Å²) in [7, 11) is 0. The molecule has 154 valence electrons. The molecule has 0 unspecified atom stereocenters. The fourth-order valence-corrected chi connectivity index (χ4v) is 4.45. The summed E-state index contributed by atoms with van der Waals surface area (Å²) in [5, 5.41) is 4.41. The van der Waals surface area contributed by atoms with Crippen LogP contribution < -0.4 is 5.32 Å². The normalized spacial score (nSPS) is 11.1. The van der Waals surface area contributed by atoms with Gasteiger partial charge in [-0.3, -0.25) is 5.32 Å². The first-order chi connectivity index (χ1) is 14.4. The van der Waals surface area contributed by atoms with Crippen LogP contribution in [-0.4, -0.2) is 20.6 Å². The van der Waals surface area contributed by atoms with E-state index >= 15 is 0 Å². The van der Waals surface area contributed by atoms with Crippen molar-refractivity contribution in [3.8, 4) is 10.6 Å². The fourth-order valence-electron chi connectivity index (χ4n) is 3.41. The van der Waals surface area contributed by atoms with Crippen molar-refractivity contribution in [3.05, 3.63) is 65.1 Å². The number of aryl methyl sites for hydroxylation is 4. The van der Waals surface area contributed by atoms with Gasteiger partial charge in [0.05, 0.1) is 23.1 Å². The molecule has 2 aromatic heterocycles. The van der Waals surface area contributed by atoms with Crippen molar-refractivity contribution in [1.82, 2.24) is 14.5 Å². The van der Waals surface area contributed by atoms with Crippen molar-refractivity contribution in [2.24, 2.45) is 0 Å². The molecule has 0 spiro atoms. The van der Waals surface area contributed by atoms with Gasteiger partial charge in [-0.15, -0.1) is 0 Å². The Balaban J connectivity index is 1.42. The molecule has 6 nitrogen and oxygen atoms in total. The lowest BCUT2D eigenvalue weighted by molar-refractivity contribution is 0.155. The van der Waals surface area contributed by atoms with E-state index in [9.17, 15) is 4.79 Å². The molecule has 2 aromatic carbocycles. The first-order valence-corrected chi connectivity index (χ1v) is 10.7. The van der Waals surface area contributed by atoms with Crippen LogP contribution in [0.15, 0.2) is 42.7 Å². The number of amides is 1. The Morgan fingerprint density at radius 2 is 2.00 bits per heavy atom. The highest BCUT2D eigenvalue weighted by atomic mass is 32.1.